The third-order valence-corrected chi connectivity index (χ3v) is 3.25. The Morgan fingerprint density at radius 1 is 1.16 bits per heavy atom. The molecule has 0 radical (unpaired) electrons. The number of phenols is 1. The molecule has 0 saturated heterocycles. The lowest BCUT2D eigenvalue weighted by molar-refractivity contribution is -0.117. The zero-order valence-corrected chi connectivity index (χ0v) is 11.3. The minimum atomic E-state index is -0.0846. The first-order chi connectivity index (χ1) is 9.08. The average molecular weight is 254 g/mol. The van der Waals surface area contributed by atoms with Crippen LogP contribution in [0, 0.1) is 6.92 Å². The van der Waals surface area contributed by atoms with Crippen molar-refractivity contribution < 1.29 is 9.90 Å². The summed E-state index contributed by atoms with van der Waals surface area (Å²) in [5.41, 5.74) is 2.96. The Morgan fingerprint density at radius 2 is 1.84 bits per heavy atom. The number of hydrogen-bond donors (Lipinski definition) is 1. The molecule has 0 aromatic heterocycles. The molecule has 98 valence electrons. The molecule has 0 aliphatic carbocycles. The van der Waals surface area contributed by atoms with Crippen LogP contribution in [0.5, 0.6) is 5.75 Å². The minimum Gasteiger partial charge on any atom is -0.508 e. The van der Waals surface area contributed by atoms with Gasteiger partial charge in [0, 0.05) is 17.9 Å². The van der Waals surface area contributed by atoms with Gasteiger partial charge in [-0.05, 0) is 25.5 Å². The average Bonchev–Trinajstić information content (AvgIpc) is 2.40. The predicted molar refractivity (Wildman–Crippen MR) is 76.4 cm³/mol. The predicted octanol–water partition coefficient (Wildman–Crippen LogP) is 3.81. The maximum Gasteiger partial charge on any atom is 0.130 e. The Labute approximate surface area is 113 Å². The van der Waals surface area contributed by atoms with Gasteiger partial charge in [0.15, 0.2) is 0 Å². The lowest BCUT2D eigenvalue weighted by atomic mass is 9.86. The van der Waals surface area contributed by atoms with E-state index in [0.717, 1.165) is 16.7 Å². The summed E-state index contributed by atoms with van der Waals surface area (Å²) in [6.45, 7) is 3.57. The molecule has 0 unspecified atom stereocenters. The molecule has 2 aromatic carbocycles. The molecule has 0 aliphatic heterocycles. The van der Waals surface area contributed by atoms with Crippen LogP contribution in [0.15, 0.2) is 48.5 Å². The van der Waals surface area contributed by atoms with Gasteiger partial charge in [-0.25, -0.2) is 0 Å². The SMILES string of the molecule is CC(=O)C[C@H](c1ccccc1)c1cc(C)ccc1O. The van der Waals surface area contributed by atoms with Crippen molar-refractivity contribution in [2.45, 2.75) is 26.2 Å². The second-order valence-electron chi connectivity index (χ2n) is 4.93. The highest BCUT2D eigenvalue weighted by Crippen LogP contribution is 2.34. The molecule has 0 spiro atoms. The molecule has 2 heteroatoms. The van der Waals surface area contributed by atoms with Crippen LogP contribution in [0.4, 0.5) is 0 Å². The zero-order chi connectivity index (χ0) is 13.8. The highest BCUT2D eigenvalue weighted by molar-refractivity contribution is 5.77. The topological polar surface area (TPSA) is 37.3 Å². The lowest BCUT2D eigenvalue weighted by Gasteiger charge is -2.18. The van der Waals surface area contributed by atoms with Crippen molar-refractivity contribution in [2.24, 2.45) is 0 Å². The third kappa shape index (κ3) is 3.22. The van der Waals surface area contributed by atoms with E-state index >= 15 is 0 Å². The first kappa shape index (κ1) is 13.3. The van der Waals surface area contributed by atoms with Crippen LogP contribution in [0.3, 0.4) is 0 Å². The molecule has 1 N–H and O–H groups in total. The van der Waals surface area contributed by atoms with Gasteiger partial charge >= 0.3 is 0 Å². The third-order valence-electron chi connectivity index (χ3n) is 3.25. The van der Waals surface area contributed by atoms with Gasteiger partial charge in [-0.2, -0.15) is 0 Å². The fourth-order valence-corrected chi connectivity index (χ4v) is 2.33. The molecular weight excluding hydrogens is 236 g/mol. The molecule has 0 heterocycles. The van der Waals surface area contributed by atoms with Gasteiger partial charge in [0.05, 0.1) is 0 Å². The number of aromatic hydroxyl groups is 1. The quantitative estimate of drug-likeness (QED) is 0.900. The van der Waals surface area contributed by atoms with Crippen molar-refractivity contribution in [3.63, 3.8) is 0 Å². The van der Waals surface area contributed by atoms with E-state index in [4.69, 9.17) is 0 Å². The van der Waals surface area contributed by atoms with Crippen LogP contribution in [0.25, 0.3) is 0 Å². The number of rotatable bonds is 4. The summed E-state index contributed by atoms with van der Waals surface area (Å²) in [5.74, 6) is 0.286. The second-order valence-corrected chi connectivity index (χ2v) is 4.93. The van der Waals surface area contributed by atoms with Crippen molar-refractivity contribution >= 4 is 5.78 Å². The van der Waals surface area contributed by atoms with Crippen LogP contribution in [0.1, 0.15) is 36.0 Å². The normalized spacial score (nSPS) is 12.1. The zero-order valence-electron chi connectivity index (χ0n) is 11.3. The summed E-state index contributed by atoms with van der Waals surface area (Å²) < 4.78 is 0. The number of carbonyl (C=O) groups excluding carboxylic acids is 1. The molecule has 0 aliphatic rings. The Kier molecular flexibility index (Phi) is 4.00. The van der Waals surface area contributed by atoms with Crippen molar-refractivity contribution in [3.05, 3.63) is 65.2 Å². The van der Waals surface area contributed by atoms with E-state index in [1.54, 1.807) is 13.0 Å². The van der Waals surface area contributed by atoms with E-state index in [9.17, 15) is 9.90 Å². The maximum atomic E-state index is 11.5. The van der Waals surface area contributed by atoms with Gasteiger partial charge in [0.25, 0.3) is 0 Å². The van der Waals surface area contributed by atoms with Gasteiger partial charge in [-0.1, -0.05) is 48.0 Å². The fraction of sp³-hybridized carbons (Fsp3) is 0.235. The molecule has 2 rings (SSSR count). The molecule has 19 heavy (non-hydrogen) atoms. The summed E-state index contributed by atoms with van der Waals surface area (Å²) in [6, 6.07) is 15.4. The Hall–Kier alpha value is -2.09. The number of phenolic OH excluding ortho intramolecular Hbond substituents is 1. The lowest BCUT2D eigenvalue weighted by Crippen LogP contribution is -2.06. The van der Waals surface area contributed by atoms with Crippen LogP contribution in [-0.4, -0.2) is 10.9 Å². The molecular formula is C17H18O2. The maximum absolute atomic E-state index is 11.5. The van der Waals surface area contributed by atoms with E-state index in [0.29, 0.717) is 6.42 Å². The fourth-order valence-electron chi connectivity index (χ4n) is 2.33. The highest BCUT2D eigenvalue weighted by Gasteiger charge is 2.19. The highest BCUT2D eigenvalue weighted by atomic mass is 16.3. The minimum absolute atomic E-state index is 0.0846. The summed E-state index contributed by atoms with van der Waals surface area (Å²) in [6.07, 6.45) is 0.404. The molecule has 0 amide bonds. The molecule has 2 nitrogen and oxygen atoms in total. The summed E-state index contributed by atoms with van der Waals surface area (Å²) in [4.78, 5) is 11.5. The number of hydrogen-bond acceptors (Lipinski definition) is 2. The number of Topliss-reactive ketones (excluding diaryl/α,β-unsaturated/α-hetero) is 1. The Balaban J connectivity index is 2.48. The van der Waals surface area contributed by atoms with Gasteiger partial charge in [0.1, 0.15) is 11.5 Å². The summed E-state index contributed by atoms with van der Waals surface area (Å²) in [7, 11) is 0. The Bertz CT molecular complexity index is 573. The number of ketones is 1. The number of benzene rings is 2. The van der Waals surface area contributed by atoms with E-state index in [1.807, 2.05) is 49.4 Å². The number of carbonyl (C=O) groups is 1. The van der Waals surface area contributed by atoms with Crippen LogP contribution < -0.4 is 0 Å². The van der Waals surface area contributed by atoms with Crippen molar-refractivity contribution in [1.82, 2.24) is 0 Å². The Morgan fingerprint density at radius 3 is 2.47 bits per heavy atom. The van der Waals surface area contributed by atoms with Crippen molar-refractivity contribution in [3.8, 4) is 5.75 Å². The second kappa shape index (κ2) is 5.70. The van der Waals surface area contributed by atoms with Gasteiger partial charge in [-0.3, -0.25) is 4.79 Å². The van der Waals surface area contributed by atoms with Gasteiger partial charge in [0.2, 0.25) is 0 Å². The van der Waals surface area contributed by atoms with Crippen LogP contribution in [-0.2, 0) is 4.79 Å². The summed E-state index contributed by atoms with van der Waals surface area (Å²) >= 11 is 0. The van der Waals surface area contributed by atoms with Gasteiger partial charge < -0.3 is 5.11 Å². The molecule has 2 aromatic rings. The van der Waals surface area contributed by atoms with Crippen molar-refractivity contribution in [1.29, 1.82) is 0 Å². The molecule has 0 fully saturated rings. The molecule has 1 atom stereocenters. The standard InChI is InChI=1S/C17H18O2/c1-12-8-9-17(19)16(10-12)15(11-13(2)18)14-6-4-3-5-7-14/h3-10,15,19H,11H2,1-2H3/t15-/m1/s1. The van der Waals surface area contributed by atoms with E-state index in [-0.39, 0.29) is 17.5 Å². The molecule has 0 bridgehead atoms. The van der Waals surface area contributed by atoms with E-state index < -0.39 is 0 Å². The van der Waals surface area contributed by atoms with Gasteiger partial charge in [-0.15, -0.1) is 0 Å². The van der Waals surface area contributed by atoms with E-state index in [2.05, 4.69) is 0 Å². The van der Waals surface area contributed by atoms with Crippen LogP contribution >= 0.6 is 0 Å². The first-order valence-electron chi connectivity index (χ1n) is 6.42. The smallest absolute Gasteiger partial charge is 0.130 e. The van der Waals surface area contributed by atoms with Crippen molar-refractivity contribution in [2.75, 3.05) is 0 Å². The largest absolute Gasteiger partial charge is 0.508 e. The molecule has 0 saturated carbocycles. The first-order valence-corrected chi connectivity index (χ1v) is 6.42. The summed E-state index contributed by atoms with van der Waals surface area (Å²) in [5, 5.41) is 10.1. The van der Waals surface area contributed by atoms with E-state index in [1.165, 1.54) is 0 Å². The number of aryl methyl sites for hydroxylation is 1. The monoisotopic (exact) mass is 254 g/mol. The van der Waals surface area contributed by atoms with Crippen LogP contribution in [0.2, 0.25) is 0 Å².